The van der Waals surface area contributed by atoms with E-state index in [0.29, 0.717) is 6.04 Å². The van der Waals surface area contributed by atoms with E-state index >= 15 is 0 Å². The number of aryl methyl sites for hydroxylation is 2. The number of nitrogens with zero attached hydrogens (tertiary/aromatic N) is 1. The lowest BCUT2D eigenvalue weighted by molar-refractivity contribution is 0.462. The maximum Gasteiger partial charge on any atom is 0.0535 e. The molecule has 0 amide bonds. The summed E-state index contributed by atoms with van der Waals surface area (Å²) in [6.07, 6.45) is 5.73. The van der Waals surface area contributed by atoms with Gasteiger partial charge in [-0.15, -0.1) is 11.3 Å². The molecule has 0 aliphatic heterocycles. The summed E-state index contributed by atoms with van der Waals surface area (Å²) in [6.45, 7) is 2.98. The van der Waals surface area contributed by atoms with E-state index in [4.69, 9.17) is 0 Å². The van der Waals surface area contributed by atoms with Gasteiger partial charge in [-0.05, 0) is 43.2 Å². The van der Waals surface area contributed by atoms with E-state index in [1.54, 1.807) is 4.88 Å². The van der Waals surface area contributed by atoms with Gasteiger partial charge in [0.05, 0.1) is 6.20 Å². The third-order valence-electron chi connectivity index (χ3n) is 3.53. The predicted molar refractivity (Wildman–Crippen MR) is 70.2 cm³/mol. The highest BCUT2D eigenvalue weighted by Crippen LogP contribution is 2.33. The maximum absolute atomic E-state index is 4.06. The molecule has 1 atom stereocenters. The number of H-pyrrole nitrogens is 1. The Kier molecular flexibility index (Phi) is 2.99. The number of fused-ring (bicyclic) bond motifs is 1. The van der Waals surface area contributed by atoms with Gasteiger partial charge in [-0.1, -0.05) is 0 Å². The van der Waals surface area contributed by atoms with Crippen molar-refractivity contribution >= 4 is 11.3 Å². The third kappa shape index (κ3) is 2.15. The van der Waals surface area contributed by atoms with Crippen LogP contribution in [0.1, 0.15) is 40.6 Å². The molecule has 17 heavy (non-hydrogen) atoms. The maximum atomic E-state index is 4.06. The van der Waals surface area contributed by atoms with Gasteiger partial charge in [0.1, 0.15) is 0 Å². The van der Waals surface area contributed by atoms with Crippen LogP contribution in [0.3, 0.4) is 0 Å². The van der Waals surface area contributed by atoms with E-state index in [1.165, 1.54) is 36.1 Å². The van der Waals surface area contributed by atoms with Crippen molar-refractivity contribution in [3.63, 3.8) is 0 Å². The first-order valence-electron chi connectivity index (χ1n) is 6.13. The summed E-state index contributed by atoms with van der Waals surface area (Å²) in [5.41, 5.74) is 3.95. The lowest BCUT2D eigenvalue weighted by Gasteiger charge is -2.23. The lowest BCUT2D eigenvalue weighted by atomic mass is 9.94. The van der Waals surface area contributed by atoms with Crippen molar-refractivity contribution in [1.82, 2.24) is 15.5 Å². The standard InChI is InChI=1S/C13H17N3S/c1-9-10(8-15-16-9)7-14-12-3-2-4-13-11(12)5-6-17-13/h5-6,8,12,14H,2-4,7H2,1H3,(H,15,16). The van der Waals surface area contributed by atoms with Crippen LogP contribution in [0, 0.1) is 6.92 Å². The molecule has 2 aromatic rings. The van der Waals surface area contributed by atoms with Gasteiger partial charge in [-0.25, -0.2) is 0 Å². The van der Waals surface area contributed by atoms with Gasteiger partial charge < -0.3 is 5.32 Å². The number of hydrogen-bond acceptors (Lipinski definition) is 3. The van der Waals surface area contributed by atoms with Crippen LogP contribution >= 0.6 is 11.3 Å². The minimum atomic E-state index is 0.527. The Labute approximate surface area is 105 Å². The summed E-state index contributed by atoms with van der Waals surface area (Å²) >= 11 is 1.90. The number of aromatic amines is 1. The van der Waals surface area contributed by atoms with Gasteiger partial charge in [-0.3, -0.25) is 5.10 Å². The smallest absolute Gasteiger partial charge is 0.0535 e. The van der Waals surface area contributed by atoms with E-state index in [9.17, 15) is 0 Å². The van der Waals surface area contributed by atoms with Crippen LogP contribution in [0.2, 0.25) is 0 Å². The topological polar surface area (TPSA) is 40.7 Å². The van der Waals surface area contributed by atoms with Crippen LogP contribution in [-0.4, -0.2) is 10.2 Å². The molecule has 1 aliphatic carbocycles. The third-order valence-corrected chi connectivity index (χ3v) is 4.52. The number of rotatable bonds is 3. The molecule has 2 aromatic heterocycles. The first-order valence-corrected chi connectivity index (χ1v) is 7.01. The number of nitrogens with one attached hydrogen (secondary N) is 2. The molecule has 90 valence electrons. The predicted octanol–water partition coefficient (Wildman–Crippen LogP) is 2.95. The normalized spacial score (nSPS) is 19.2. The zero-order valence-corrected chi connectivity index (χ0v) is 10.8. The van der Waals surface area contributed by atoms with Crippen LogP contribution in [0.5, 0.6) is 0 Å². The highest BCUT2D eigenvalue weighted by atomic mass is 32.1. The molecule has 3 rings (SSSR count). The van der Waals surface area contributed by atoms with Gasteiger partial charge in [-0.2, -0.15) is 5.10 Å². The molecule has 0 saturated carbocycles. The van der Waals surface area contributed by atoms with Crippen LogP contribution in [0.25, 0.3) is 0 Å². The zero-order valence-electron chi connectivity index (χ0n) is 9.99. The van der Waals surface area contributed by atoms with Crippen molar-refractivity contribution in [3.05, 3.63) is 39.3 Å². The monoisotopic (exact) mass is 247 g/mol. The van der Waals surface area contributed by atoms with E-state index < -0.39 is 0 Å². The molecule has 4 heteroatoms. The van der Waals surface area contributed by atoms with Crippen molar-refractivity contribution < 1.29 is 0 Å². The van der Waals surface area contributed by atoms with Crippen molar-refractivity contribution in [2.24, 2.45) is 0 Å². The minimum Gasteiger partial charge on any atom is -0.306 e. The van der Waals surface area contributed by atoms with Gasteiger partial charge in [0.25, 0.3) is 0 Å². The van der Waals surface area contributed by atoms with Crippen LogP contribution < -0.4 is 5.32 Å². The fourth-order valence-corrected chi connectivity index (χ4v) is 3.47. The molecular weight excluding hydrogens is 230 g/mol. The largest absolute Gasteiger partial charge is 0.306 e. The van der Waals surface area contributed by atoms with Gasteiger partial charge >= 0.3 is 0 Å². The molecule has 0 radical (unpaired) electrons. The molecular formula is C13H17N3S. The van der Waals surface area contributed by atoms with E-state index in [2.05, 4.69) is 33.9 Å². The van der Waals surface area contributed by atoms with Crippen molar-refractivity contribution in [1.29, 1.82) is 0 Å². The molecule has 0 saturated heterocycles. The fraction of sp³-hybridized carbons (Fsp3) is 0.462. The summed E-state index contributed by atoms with van der Waals surface area (Å²) in [4.78, 5) is 1.57. The Balaban J connectivity index is 1.70. The summed E-state index contributed by atoms with van der Waals surface area (Å²) in [5.74, 6) is 0. The SMILES string of the molecule is Cc1[nH]ncc1CNC1CCCc2sccc21. The number of hydrogen-bond donors (Lipinski definition) is 2. The molecule has 2 N–H and O–H groups in total. The first-order chi connectivity index (χ1) is 8.34. The average molecular weight is 247 g/mol. The second kappa shape index (κ2) is 4.63. The van der Waals surface area contributed by atoms with Crippen LogP contribution in [0.15, 0.2) is 17.6 Å². The van der Waals surface area contributed by atoms with E-state index in [0.717, 1.165) is 6.54 Å². The van der Waals surface area contributed by atoms with E-state index in [-0.39, 0.29) is 0 Å². The molecule has 0 spiro atoms. The fourth-order valence-electron chi connectivity index (χ4n) is 2.49. The van der Waals surface area contributed by atoms with Gasteiger partial charge in [0.2, 0.25) is 0 Å². The second-order valence-corrected chi connectivity index (χ2v) is 5.65. The Morgan fingerprint density at radius 1 is 1.59 bits per heavy atom. The van der Waals surface area contributed by atoms with Crippen LogP contribution in [-0.2, 0) is 13.0 Å². The molecule has 1 aliphatic rings. The Morgan fingerprint density at radius 2 is 2.53 bits per heavy atom. The lowest BCUT2D eigenvalue weighted by Crippen LogP contribution is -2.23. The minimum absolute atomic E-state index is 0.527. The van der Waals surface area contributed by atoms with Crippen molar-refractivity contribution in [2.45, 2.75) is 38.8 Å². The zero-order chi connectivity index (χ0) is 11.7. The van der Waals surface area contributed by atoms with Gasteiger partial charge in [0, 0.05) is 28.7 Å². The average Bonchev–Trinajstić information content (AvgIpc) is 2.95. The molecule has 0 bridgehead atoms. The molecule has 0 aromatic carbocycles. The first kappa shape index (κ1) is 11.0. The number of thiophene rings is 1. The highest BCUT2D eigenvalue weighted by Gasteiger charge is 2.20. The summed E-state index contributed by atoms with van der Waals surface area (Å²) < 4.78 is 0. The van der Waals surface area contributed by atoms with Crippen LogP contribution in [0.4, 0.5) is 0 Å². The quantitative estimate of drug-likeness (QED) is 0.875. The second-order valence-electron chi connectivity index (χ2n) is 4.65. The summed E-state index contributed by atoms with van der Waals surface area (Å²) in [5, 5.41) is 12.9. The molecule has 2 heterocycles. The molecule has 0 fully saturated rings. The number of aromatic nitrogens is 2. The molecule has 1 unspecified atom stereocenters. The Bertz CT molecular complexity index is 500. The van der Waals surface area contributed by atoms with Crippen molar-refractivity contribution in [3.8, 4) is 0 Å². The van der Waals surface area contributed by atoms with Gasteiger partial charge in [0.15, 0.2) is 0 Å². The summed E-state index contributed by atoms with van der Waals surface area (Å²) in [7, 11) is 0. The Morgan fingerprint density at radius 3 is 3.35 bits per heavy atom. The summed E-state index contributed by atoms with van der Waals surface area (Å²) in [6, 6.07) is 2.80. The molecule has 3 nitrogen and oxygen atoms in total. The van der Waals surface area contributed by atoms with E-state index in [1.807, 2.05) is 17.5 Å². The van der Waals surface area contributed by atoms with Crippen molar-refractivity contribution in [2.75, 3.05) is 0 Å². The Hall–Kier alpha value is -1.13. The highest BCUT2D eigenvalue weighted by molar-refractivity contribution is 7.10.